The standard InChI is InChI=1S/C11H14N6/c12-10(15-9-4-3-5-14-8-9)16-11(13)17-6-1-2-7-17/h1-5,8H,6-7H2,(H4,12,13,15,16). The molecule has 0 fully saturated rings. The predicted octanol–water partition coefficient (Wildman–Crippen LogP) is 0.824. The van der Waals surface area contributed by atoms with Gasteiger partial charge in [0.05, 0.1) is 11.9 Å². The molecule has 2 heterocycles. The van der Waals surface area contributed by atoms with Gasteiger partial charge in [0.1, 0.15) is 0 Å². The van der Waals surface area contributed by atoms with E-state index in [1.807, 2.05) is 23.1 Å². The lowest BCUT2D eigenvalue weighted by Gasteiger charge is -2.20. The zero-order chi connectivity index (χ0) is 12.1. The van der Waals surface area contributed by atoms with Crippen molar-refractivity contribution in [3.63, 3.8) is 0 Å². The smallest absolute Gasteiger partial charge is 0.199 e. The van der Waals surface area contributed by atoms with E-state index in [1.165, 1.54) is 0 Å². The second kappa shape index (κ2) is 5.11. The van der Waals surface area contributed by atoms with Gasteiger partial charge < -0.3 is 10.2 Å². The Morgan fingerprint density at radius 1 is 1.29 bits per heavy atom. The van der Waals surface area contributed by atoms with E-state index in [0.717, 1.165) is 5.69 Å². The van der Waals surface area contributed by atoms with E-state index in [9.17, 15) is 0 Å². The van der Waals surface area contributed by atoms with Gasteiger partial charge in [0, 0.05) is 19.3 Å². The van der Waals surface area contributed by atoms with Crippen molar-refractivity contribution >= 4 is 17.6 Å². The first-order valence-corrected chi connectivity index (χ1v) is 5.27. The lowest BCUT2D eigenvalue weighted by molar-refractivity contribution is 0.522. The van der Waals surface area contributed by atoms with Gasteiger partial charge in [0.2, 0.25) is 0 Å². The molecule has 2 rings (SSSR count). The van der Waals surface area contributed by atoms with Crippen LogP contribution in [0.3, 0.4) is 0 Å². The maximum Gasteiger partial charge on any atom is 0.199 e. The van der Waals surface area contributed by atoms with Gasteiger partial charge in [-0.1, -0.05) is 12.2 Å². The van der Waals surface area contributed by atoms with Crippen molar-refractivity contribution in [1.29, 1.82) is 10.8 Å². The molecule has 0 aromatic carbocycles. The quantitative estimate of drug-likeness (QED) is 0.327. The van der Waals surface area contributed by atoms with Crippen molar-refractivity contribution in [3.8, 4) is 0 Å². The Labute approximate surface area is 99.4 Å². The third-order valence-corrected chi connectivity index (χ3v) is 2.31. The highest BCUT2D eigenvalue weighted by Gasteiger charge is 2.11. The van der Waals surface area contributed by atoms with Gasteiger partial charge in [-0.05, 0) is 12.1 Å². The molecule has 0 spiro atoms. The van der Waals surface area contributed by atoms with Crippen LogP contribution in [-0.4, -0.2) is 34.9 Å². The minimum atomic E-state index is 0.0647. The summed E-state index contributed by atoms with van der Waals surface area (Å²) >= 11 is 0. The van der Waals surface area contributed by atoms with Crippen molar-refractivity contribution in [1.82, 2.24) is 15.2 Å². The van der Waals surface area contributed by atoms with Crippen LogP contribution in [0.5, 0.6) is 0 Å². The zero-order valence-electron chi connectivity index (χ0n) is 9.27. The van der Waals surface area contributed by atoms with Crippen LogP contribution >= 0.6 is 0 Å². The SMILES string of the molecule is N=C(NC(=N)N1CC=CC1)Nc1cccnc1. The Hall–Kier alpha value is -2.37. The summed E-state index contributed by atoms with van der Waals surface area (Å²) in [4.78, 5) is 5.75. The number of hydrogen-bond donors (Lipinski definition) is 4. The fourth-order valence-electron chi connectivity index (χ4n) is 1.47. The van der Waals surface area contributed by atoms with Crippen molar-refractivity contribution in [2.75, 3.05) is 18.4 Å². The molecule has 0 bridgehead atoms. The number of rotatable bonds is 1. The van der Waals surface area contributed by atoms with Crippen LogP contribution in [0, 0.1) is 10.8 Å². The maximum atomic E-state index is 7.76. The molecule has 0 amide bonds. The highest BCUT2D eigenvalue weighted by molar-refractivity contribution is 6.02. The molecule has 6 nitrogen and oxygen atoms in total. The molecule has 0 saturated carbocycles. The highest BCUT2D eigenvalue weighted by atomic mass is 15.3. The molecule has 0 atom stereocenters. The topological polar surface area (TPSA) is 87.9 Å². The summed E-state index contributed by atoms with van der Waals surface area (Å²) in [5, 5.41) is 20.9. The molecule has 0 aliphatic carbocycles. The van der Waals surface area contributed by atoms with Crippen molar-refractivity contribution in [2.45, 2.75) is 0 Å². The molecule has 0 radical (unpaired) electrons. The molecule has 1 aromatic rings. The van der Waals surface area contributed by atoms with Crippen LogP contribution in [0.2, 0.25) is 0 Å². The van der Waals surface area contributed by atoms with E-state index in [1.54, 1.807) is 18.5 Å². The van der Waals surface area contributed by atoms with Gasteiger partial charge >= 0.3 is 0 Å². The fraction of sp³-hybridized carbons (Fsp3) is 0.182. The molecule has 0 saturated heterocycles. The van der Waals surface area contributed by atoms with E-state index in [2.05, 4.69) is 15.6 Å². The van der Waals surface area contributed by atoms with Gasteiger partial charge in [-0.2, -0.15) is 0 Å². The van der Waals surface area contributed by atoms with Gasteiger partial charge in [-0.3, -0.25) is 21.1 Å². The Balaban J connectivity index is 1.83. The van der Waals surface area contributed by atoms with E-state index >= 15 is 0 Å². The first kappa shape index (κ1) is 11.1. The minimum Gasteiger partial charge on any atom is -0.335 e. The molecule has 17 heavy (non-hydrogen) atoms. The van der Waals surface area contributed by atoms with Gasteiger partial charge in [-0.25, -0.2) is 0 Å². The fourth-order valence-corrected chi connectivity index (χ4v) is 1.47. The summed E-state index contributed by atoms with van der Waals surface area (Å²) in [6.07, 6.45) is 7.28. The number of nitrogens with one attached hydrogen (secondary N) is 4. The maximum absolute atomic E-state index is 7.76. The minimum absolute atomic E-state index is 0.0647. The number of guanidine groups is 2. The van der Waals surface area contributed by atoms with Crippen LogP contribution in [0.15, 0.2) is 36.7 Å². The van der Waals surface area contributed by atoms with Crippen molar-refractivity contribution in [3.05, 3.63) is 36.7 Å². The van der Waals surface area contributed by atoms with Gasteiger partial charge in [0.25, 0.3) is 0 Å². The molecule has 0 unspecified atom stereocenters. The highest BCUT2D eigenvalue weighted by Crippen LogP contribution is 2.02. The Kier molecular flexibility index (Phi) is 3.34. The number of aromatic nitrogens is 1. The van der Waals surface area contributed by atoms with Gasteiger partial charge in [-0.15, -0.1) is 0 Å². The number of pyridine rings is 1. The monoisotopic (exact) mass is 230 g/mol. The zero-order valence-corrected chi connectivity index (χ0v) is 9.27. The summed E-state index contributed by atoms with van der Waals surface area (Å²) < 4.78 is 0. The van der Waals surface area contributed by atoms with E-state index in [4.69, 9.17) is 10.8 Å². The average Bonchev–Trinajstić information content (AvgIpc) is 2.83. The van der Waals surface area contributed by atoms with Crippen LogP contribution in [0.1, 0.15) is 0 Å². The second-order valence-electron chi connectivity index (χ2n) is 3.59. The molecule has 88 valence electrons. The summed E-state index contributed by atoms with van der Waals surface area (Å²) in [7, 11) is 0. The van der Waals surface area contributed by atoms with Crippen LogP contribution in [-0.2, 0) is 0 Å². The Morgan fingerprint density at radius 2 is 2.06 bits per heavy atom. The summed E-state index contributed by atoms with van der Waals surface area (Å²) in [6.45, 7) is 1.43. The third kappa shape index (κ3) is 3.04. The lowest BCUT2D eigenvalue weighted by Crippen LogP contribution is -2.44. The van der Waals surface area contributed by atoms with Crippen molar-refractivity contribution in [2.24, 2.45) is 0 Å². The van der Waals surface area contributed by atoms with Gasteiger partial charge in [0.15, 0.2) is 11.9 Å². The van der Waals surface area contributed by atoms with E-state index < -0.39 is 0 Å². The summed E-state index contributed by atoms with van der Waals surface area (Å²) in [5.74, 6) is 0.284. The molecule has 4 N–H and O–H groups in total. The first-order chi connectivity index (χ1) is 8.25. The third-order valence-electron chi connectivity index (χ3n) is 2.31. The lowest BCUT2D eigenvalue weighted by atomic mass is 10.4. The molecule has 1 aliphatic rings. The summed E-state index contributed by atoms with van der Waals surface area (Å²) in [5.41, 5.74) is 0.720. The molecule has 1 aromatic heterocycles. The molecule has 1 aliphatic heterocycles. The van der Waals surface area contributed by atoms with Crippen molar-refractivity contribution < 1.29 is 0 Å². The Bertz CT molecular complexity index is 431. The normalized spacial score (nSPS) is 13.5. The molecular formula is C11H14N6. The molecule has 6 heteroatoms. The number of hydrogen-bond acceptors (Lipinski definition) is 3. The van der Waals surface area contributed by atoms with Crippen LogP contribution in [0.4, 0.5) is 5.69 Å². The van der Waals surface area contributed by atoms with E-state index in [0.29, 0.717) is 13.1 Å². The Morgan fingerprint density at radius 3 is 2.71 bits per heavy atom. The summed E-state index contributed by atoms with van der Waals surface area (Å²) in [6, 6.07) is 3.59. The van der Waals surface area contributed by atoms with E-state index in [-0.39, 0.29) is 11.9 Å². The second-order valence-corrected chi connectivity index (χ2v) is 3.59. The average molecular weight is 230 g/mol. The molecular weight excluding hydrogens is 216 g/mol. The first-order valence-electron chi connectivity index (χ1n) is 5.27. The number of anilines is 1. The largest absolute Gasteiger partial charge is 0.335 e. The van der Waals surface area contributed by atoms with Crippen LogP contribution < -0.4 is 10.6 Å². The number of nitrogens with zero attached hydrogens (tertiary/aromatic N) is 2. The van der Waals surface area contributed by atoms with Crippen LogP contribution in [0.25, 0.3) is 0 Å². The predicted molar refractivity (Wildman–Crippen MR) is 67.2 cm³/mol.